The van der Waals surface area contributed by atoms with Gasteiger partial charge in [0.05, 0.1) is 11.9 Å². The fourth-order valence-corrected chi connectivity index (χ4v) is 1.51. The standard InChI is InChI=1S/C12H20N2/c1-5-12(9(2)3)14-11-7-6-10(4)13-8-11/h6-9,12,14H,5H2,1-4H3/t12-/m0/s1. The zero-order chi connectivity index (χ0) is 10.6. The summed E-state index contributed by atoms with van der Waals surface area (Å²) in [6, 6.07) is 4.67. The number of aryl methyl sites for hydroxylation is 1. The maximum Gasteiger partial charge on any atom is 0.0529 e. The van der Waals surface area contributed by atoms with Crippen LogP contribution in [-0.2, 0) is 0 Å². The fourth-order valence-electron chi connectivity index (χ4n) is 1.51. The smallest absolute Gasteiger partial charge is 0.0529 e. The first kappa shape index (κ1) is 11.0. The minimum Gasteiger partial charge on any atom is -0.381 e. The first-order chi connectivity index (χ1) is 6.63. The summed E-state index contributed by atoms with van der Waals surface area (Å²) in [6.07, 6.45) is 3.05. The lowest BCUT2D eigenvalue weighted by Crippen LogP contribution is -2.24. The number of nitrogens with zero attached hydrogens (tertiary/aromatic N) is 1. The summed E-state index contributed by atoms with van der Waals surface area (Å²) in [4.78, 5) is 4.26. The minimum absolute atomic E-state index is 0.541. The van der Waals surface area contributed by atoms with Crippen molar-refractivity contribution in [2.24, 2.45) is 5.92 Å². The van der Waals surface area contributed by atoms with E-state index in [2.05, 4.69) is 37.1 Å². The van der Waals surface area contributed by atoms with Crippen molar-refractivity contribution in [3.63, 3.8) is 0 Å². The summed E-state index contributed by atoms with van der Waals surface area (Å²) >= 11 is 0. The van der Waals surface area contributed by atoms with Gasteiger partial charge in [0.1, 0.15) is 0 Å². The zero-order valence-corrected chi connectivity index (χ0v) is 9.54. The van der Waals surface area contributed by atoms with Gasteiger partial charge in [-0.2, -0.15) is 0 Å². The van der Waals surface area contributed by atoms with E-state index in [-0.39, 0.29) is 0 Å². The van der Waals surface area contributed by atoms with Gasteiger partial charge in [-0.25, -0.2) is 0 Å². The number of anilines is 1. The highest BCUT2D eigenvalue weighted by molar-refractivity contribution is 5.41. The predicted octanol–water partition coefficient (Wildman–Crippen LogP) is 3.24. The molecule has 78 valence electrons. The maximum absolute atomic E-state index is 4.26. The second kappa shape index (κ2) is 4.99. The van der Waals surface area contributed by atoms with E-state index in [1.807, 2.05) is 19.2 Å². The SMILES string of the molecule is CC[C@H](Nc1ccc(C)nc1)C(C)C. The summed E-state index contributed by atoms with van der Waals surface area (Å²) < 4.78 is 0. The van der Waals surface area contributed by atoms with Crippen molar-refractivity contribution in [2.45, 2.75) is 40.2 Å². The van der Waals surface area contributed by atoms with Crippen molar-refractivity contribution >= 4 is 5.69 Å². The molecule has 1 aromatic rings. The second-order valence-corrected chi connectivity index (χ2v) is 4.09. The molecule has 0 amide bonds. The number of nitrogens with one attached hydrogen (secondary N) is 1. The highest BCUT2D eigenvalue weighted by Gasteiger charge is 2.09. The highest BCUT2D eigenvalue weighted by Crippen LogP contribution is 2.14. The Morgan fingerprint density at radius 2 is 2.07 bits per heavy atom. The Morgan fingerprint density at radius 1 is 1.36 bits per heavy atom. The molecule has 2 heteroatoms. The van der Waals surface area contributed by atoms with Gasteiger partial charge in [0.2, 0.25) is 0 Å². The molecular weight excluding hydrogens is 172 g/mol. The fraction of sp³-hybridized carbons (Fsp3) is 0.583. The first-order valence-corrected chi connectivity index (χ1v) is 5.32. The third kappa shape index (κ3) is 3.02. The largest absolute Gasteiger partial charge is 0.381 e. The van der Waals surface area contributed by atoms with Crippen LogP contribution in [0.2, 0.25) is 0 Å². The van der Waals surface area contributed by atoms with E-state index in [4.69, 9.17) is 0 Å². The number of aromatic nitrogens is 1. The van der Waals surface area contributed by atoms with Crippen LogP contribution in [0.15, 0.2) is 18.3 Å². The van der Waals surface area contributed by atoms with E-state index in [1.54, 1.807) is 0 Å². The summed E-state index contributed by atoms with van der Waals surface area (Å²) in [6.45, 7) is 8.69. The van der Waals surface area contributed by atoms with E-state index in [1.165, 1.54) is 0 Å². The lowest BCUT2D eigenvalue weighted by Gasteiger charge is -2.21. The average Bonchev–Trinajstić information content (AvgIpc) is 2.16. The highest BCUT2D eigenvalue weighted by atomic mass is 14.9. The van der Waals surface area contributed by atoms with Gasteiger partial charge in [0.15, 0.2) is 0 Å². The monoisotopic (exact) mass is 192 g/mol. The van der Waals surface area contributed by atoms with Gasteiger partial charge in [0.25, 0.3) is 0 Å². The second-order valence-electron chi connectivity index (χ2n) is 4.09. The van der Waals surface area contributed by atoms with E-state index in [0.29, 0.717) is 12.0 Å². The molecule has 0 saturated carbocycles. The molecule has 0 aliphatic heterocycles. The van der Waals surface area contributed by atoms with Crippen LogP contribution < -0.4 is 5.32 Å². The van der Waals surface area contributed by atoms with Gasteiger partial charge in [-0.15, -0.1) is 0 Å². The zero-order valence-electron chi connectivity index (χ0n) is 9.54. The number of pyridine rings is 1. The number of rotatable bonds is 4. The third-order valence-electron chi connectivity index (χ3n) is 2.51. The van der Waals surface area contributed by atoms with Crippen molar-refractivity contribution in [1.29, 1.82) is 0 Å². The molecule has 0 aromatic carbocycles. The number of hydrogen-bond donors (Lipinski definition) is 1. The van der Waals surface area contributed by atoms with E-state index in [0.717, 1.165) is 17.8 Å². The molecule has 14 heavy (non-hydrogen) atoms. The summed E-state index contributed by atoms with van der Waals surface area (Å²) in [5, 5.41) is 3.49. The molecule has 1 rings (SSSR count). The Kier molecular flexibility index (Phi) is 3.93. The summed E-state index contributed by atoms with van der Waals surface area (Å²) in [5.41, 5.74) is 2.18. The van der Waals surface area contributed by atoms with Gasteiger partial charge in [-0.3, -0.25) is 4.98 Å². The van der Waals surface area contributed by atoms with Crippen molar-refractivity contribution in [3.05, 3.63) is 24.0 Å². The summed E-state index contributed by atoms with van der Waals surface area (Å²) in [7, 11) is 0. The molecule has 1 atom stereocenters. The lowest BCUT2D eigenvalue weighted by molar-refractivity contribution is 0.511. The normalized spacial score (nSPS) is 12.9. The van der Waals surface area contributed by atoms with Crippen molar-refractivity contribution in [2.75, 3.05) is 5.32 Å². The Morgan fingerprint density at radius 3 is 2.50 bits per heavy atom. The molecule has 0 aliphatic carbocycles. The molecule has 0 spiro atoms. The van der Waals surface area contributed by atoms with E-state index < -0.39 is 0 Å². The topological polar surface area (TPSA) is 24.9 Å². The molecule has 0 radical (unpaired) electrons. The molecular formula is C12H20N2. The van der Waals surface area contributed by atoms with Gasteiger partial charge in [-0.1, -0.05) is 20.8 Å². The molecule has 0 bridgehead atoms. The first-order valence-electron chi connectivity index (χ1n) is 5.32. The Bertz CT molecular complexity index is 264. The molecule has 1 aromatic heterocycles. The number of hydrogen-bond acceptors (Lipinski definition) is 2. The molecule has 2 nitrogen and oxygen atoms in total. The van der Waals surface area contributed by atoms with Crippen LogP contribution in [0.3, 0.4) is 0 Å². The lowest BCUT2D eigenvalue weighted by atomic mass is 10.0. The Balaban J connectivity index is 2.63. The van der Waals surface area contributed by atoms with Crippen molar-refractivity contribution in [3.8, 4) is 0 Å². The van der Waals surface area contributed by atoms with Crippen LogP contribution in [0.1, 0.15) is 32.9 Å². The molecule has 0 fully saturated rings. The van der Waals surface area contributed by atoms with Gasteiger partial charge in [-0.05, 0) is 31.4 Å². The summed E-state index contributed by atoms with van der Waals surface area (Å²) in [5.74, 6) is 0.654. The van der Waals surface area contributed by atoms with Gasteiger partial charge >= 0.3 is 0 Å². The predicted molar refractivity (Wildman–Crippen MR) is 61.5 cm³/mol. The molecule has 1 heterocycles. The quantitative estimate of drug-likeness (QED) is 0.792. The van der Waals surface area contributed by atoms with E-state index in [9.17, 15) is 0 Å². The van der Waals surface area contributed by atoms with E-state index >= 15 is 0 Å². The molecule has 0 saturated heterocycles. The van der Waals surface area contributed by atoms with Gasteiger partial charge in [0, 0.05) is 11.7 Å². The van der Waals surface area contributed by atoms with Gasteiger partial charge < -0.3 is 5.32 Å². The van der Waals surface area contributed by atoms with Crippen LogP contribution in [0.4, 0.5) is 5.69 Å². The van der Waals surface area contributed by atoms with Crippen LogP contribution in [0.5, 0.6) is 0 Å². The molecule has 0 unspecified atom stereocenters. The van der Waals surface area contributed by atoms with Crippen molar-refractivity contribution < 1.29 is 0 Å². The Labute approximate surface area is 86.8 Å². The van der Waals surface area contributed by atoms with Crippen LogP contribution >= 0.6 is 0 Å². The Hall–Kier alpha value is -1.05. The third-order valence-corrected chi connectivity index (χ3v) is 2.51. The molecule has 0 aliphatic rings. The average molecular weight is 192 g/mol. The maximum atomic E-state index is 4.26. The molecule has 1 N–H and O–H groups in total. The van der Waals surface area contributed by atoms with Crippen LogP contribution in [0.25, 0.3) is 0 Å². The van der Waals surface area contributed by atoms with Crippen LogP contribution in [-0.4, -0.2) is 11.0 Å². The van der Waals surface area contributed by atoms with Crippen molar-refractivity contribution in [1.82, 2.24) is 4.98 Å². The van der Waals surface area contributed by atoms with Crippen LogP contribution in [0, 0.1) is 12.8 Å². The minimum atomic E-state index is 0.541.